The molecule has 1 unspecified atom stereocenters. The summed E-state index contributed by atoms with van der Waals surface area (Å²) in [6.07, 6.45) is 4.52. The van der Waals surface area contributed by atoms with Crippen molar-refractivity contribution in [3.63, 3.8) is 0 Å². The van der Waals surface area contributed by atoms with E-state index >= 15 is 0 Å². The van der Waals surface area contributed by atoms with Gasteiger partial charge in [-0.15, -0.1) is 0 Å². The summed E-state index contributed by atoms with van der Waals surface area (Å²) >= 11 is 0. The molecule has 3 rings (SSSR count). The van der Waals surface area contributed by atoms with E-state index < -0.39 is 0 Å². The van der Waals surface area contributed by atoms with E-state index in [1.165, 1.54) is 18.4 Å². The van der Waals surface area contributed by atoms with E-state index in [4.69, 9.17) is 4.52 Å². The van der Waals surface area contributed by atoms with E-state index in [0.29, 0.717) is 17.1 Å². The maximum Gasteiger partial charge on any atom is 0.244 e. The normalized spacial score (nSPS) is 18.7. The van der Waals surface area contributed by atoms with Crippen molar-refractivity contribution in [3.8, 4) is 11.4 Å². The molecule has 2 aromatic rings. The van der Waals surface area contributed by atoms with Gasteiger partial charge in [0.05, 0.1) is 6.04 Å². The summed E-state index contributed by atoms with van der Waals surface area (Å²) in [6.45, 7) is 12.7. The van der Waals surface area contributed by atoms with Gasteiger partial charge in [0.1, 0.15) is 0 Å². The average Bonchev–Trinajstić information content (AvgIpc) is 3.16. The molecular formula is C21H31N3O. The monoisotopic (exact) mass is 341 g/mol. The van der Waals surface area contributed by atoms with Crippen LogP contribution in [0.1, 0.15) is 71.4 Å². The first-order valence-corrected chi connectivity index (χ1v) is 9.38. The fourth-order valence-electron chi connectivity index (χ4n) is 4.21. The zero-order valence-electron chi connectivity index (χ0n) is 16.2. The first kappa shape index (κ1) is 18.1. The fourth-order valence-corrected chi connectivity index (χ4v) is 4.21. The number of rotatable bonds is 5. The Balaban J connectivity index is 1.68. The molecule has 0 spiro atoms. The van der Waals surface area contributed by atoms with Crippen LogP contribution in [0.4, 0.5) is 0 Å². The second-order valence-electron chi connectivity index (χ2n) is 9.38. The third-order valence-electron chi connectivity index (χ3n) is 4.70. The van der Waals surface area contributed by atoms with Crippen molar-refractivity contribution in [2.45, 2.75) is 66.3 Å². The van der Waals surface area contributed by atoms with Gasteiger partial charge < -0.3 is 9.84 Å². The molecule has 0 bridgehead atoms. The molecule has 1 atom stereocenters. The standard InChI is InChI=1S/C21H31N3O/c1-20(2,3)14-21(4,5)13-15-8-10-16(11-9-15)18-23-19(25-24-18)17-7-6-12-22-17/h8-11,17,22H,6-7,12-14H2,1-5H3. The lowest BCUT2D eigenvalue weighted by molar-refractivity contribution is 0.211. The Hall–Kier alpha value is -1.68. The molecule has 1 aromatic heterocycles. The topological polar surface area (TPSA) is 51.0 Å². The minimum Gasteiger partial charge on any atom is -0.337 e. The van der Waals surface area contributed by atoms with Gasteiger partial charge in [-0.25, -0.2) is 0 Å². The summed E-state index contributed by atoms with van der Waals surface area (Å²) in [4.78, 5) is 4.57. The van der Waals surface area contributed by atoms with E-state index in [0.717, 1.165) is 24.9 Å². The third-order valence-corrected chi connectivity index (χ3v) is 4.70. The Bertz CT molecular complexity index is 689. The van der Waals surface area contributed by atoms with Crippen LogP contribution < -0.4 is 5.32 Å². The van der Waals surface area contributed by atoms with E-state index in [2.05, 4.69) is 74.3 Å². The number of benzene rings is 1. The lowest BCUT2D eigenvalue weighted by Gasteiger charge is -2.32. The Morgan fingerprint density at radius 1 is 1.12 bits per heavy atom. The van der Waals surface area contributed by atoms with Crippen LogP contribution >= 0.6 is 0 Å². The number of nitrogens with zero attached hydrogens (tertiary/aromatic N) is 2. The van der Waals surface area contributed by atoms with Crippen molar-refractivity contribution >= 4 is 0 Å². The van der Waals surface area contributed by atoms with Crippen LogP contribution in [-0.2, 0) is 6.42 Å². The summed E-state index contributed by atoms with van der Waals surface area (Å²) in [7, 11) is 0. The van der Waals surface area contributed by atoms with Crippen molar-refractivity contribution in [2.24, 2.45) is 10.8 Å². The highest BCUT2D eigenvalue weighted by atomic mass is 16.5. The van der Waals surface area contributed by atoms with Crippen LogP contribution in [-0.4, -0.2) is 16.7 Å². The minimum atomic E-state index is 0.221. The van der Waals surface area contributed by atoms with Gasteiger partial charge >= 0.3 is 0 Å². The second-order valence-corrected chi connectivity index (χ2v) is 9.38. The molecule has 2 heterocycles. The summed E-state index contributed by atoms with van der Waals surface area (Å²) in [5.74, 6) is 1.40. The van der Waals surface area contributed by atoms with E-state index in [1.54, 1.807) is 0 Å². The first-order valence-electron chi connectivity index (χ1n) is 9.38. The Kier molecular flexibility index (Phi) is 5.01. The molecule has 0 aliphatic carbocycles. The van der Waals surface area contributed by atoms with Crippen LogP contribution in [0, 0.1) is 10.8 Å². The van der Waals surface area contributed by atoms with Crippen molar-refractivity contribution < 1.29 is 4.52 Å². The van der Waals surface area contributed by atoms with Gasteiger partial charge in [0.15, 0.2) is 0 Å². The van der Waals surface area contributed by atoms with Crippen LogP contribution in [0.25, 0.3) is 11.4 Å². The van der Waals surface area contributed by atoms with Crippen molar-refractivity contribution in [1.29, 1.82) is 0 Å². The second kappa shape index (κ2) is 6.91. The average molecular weight is 341 g/mol. The van der Waals surface area contributed by atoms with Crippen molar-refractivity contribution in [2.75, 3.05) is 6.54 Å². The first-order chi connectivity index (χ1) is 11.7. The molecule has 1 aromatic carbocycles. The van der Waals surface area contributed by atoms with Gasteiger partial charge in [-0.2, -0.15) is 4.98 Å². The zero-order valence-corrected chi connectivity index (χ0v) is 16.2. The molecule has 1 N–H and O–H groups in total. The summed E-state index contributed by atoms with van der Waals surface area (Å²) < 4.78 is 5.45. The van der Waals surface area contributed by atoms with Gasteiger partial charge in [-0.1, -0.05) is 64.0 Å². The summed E-state index contributed by atoms with van der Waals surface area (Å²) in [5.41, 5.74) is 3.01. The van der Waals surface area contributed by atoms with Gasteiger partial charge in [0.25, 0.3) is 0 Å². The fraction of sp³-hybridized carbons (Fsp3) is 0.619. The highest BCUT2D eigenvalue weighted by Gasteiger charge is 2.26. The number of hydrogen-bond acceptors (Lipinski definition) is 4. The molecule has 136 valence electrons. The zero-order chi connectivity index (χ0) is 18.1. The maximum atomic E-state index is 5.45. The molecule has 4 nitrogen and oxygen atoms in total. The van der Waals surface area contributed by atoms with E-state index in [-0.39, 0.29) is 11.5 Å². The van der Waals surface area contributed by atoms with E-state index in [9.17, 15) is 0 Å². The van der Waals surface area contributed by atoms with Crippen LogP contribution in [0.5, 0.6) is 0 Å². The summed E-state index contributed by atoms with van der Waals surface area (Å²) in [6, 6.07) is 8.84. The maximum absolute atomic E-state index is 5.45. The minimum absolute atomic E-state index is 0.221. The predicted octanol–water partition coefficient (Wildman–Crippen LogP) is 5.17. The molecule has 1 saturated heterocycles. The Labute approximate surface area is 151 Å². The number of aromatic nitrogens is 2. The van der Waals surface area contributed by atoms with Crippen LogP contribution in [0.3, 0.4) is 0 Å². The van der Waals surface area contributed by atoms with E-state index in [1.807, 2.05) is 0 Å². The summed E-state index contributed by atoms with van der Waals surface area (Å²) in [5, 5.41) is 7.55. The SMILES string of the molecule is CC(C)(C)CC(C)(C)Cc1ccc(-c2noc(C3CCCN3)n2)cc1. The molecular weight excluding hydrogens is 310 g/mol. The quantitative estimate of drug-likeness (QED) is 0.815. The van der Waals surface area contributed by atoms with Gasteiger partial charge in [0.2, 0.25) is 11.7 Å². The predicted molar refractivity (Wildman–Crippen MR) is 101 cm³/mol. The molecule has 1 fully saturated rings. The molecule has 25 heavy (non-hydrogen) atoms. The number of nitrogens with one attached hydrogen (secondary N) is 1. The molecule has 1 aliphatic rings. The van der Waals surface area contributed by atoms with Gasteiger partial charge in [0, 0.05) is 5.56 Å². The molecule has 0 radical (unpaired) electrons. The lowest BCUT2D eigenvalue weighted by Crippen LogP contribution is -2.22. The number of hydrogen-bond donors (Lipinski definition) is 1. The highest BCUT2D eigenvalue weighted by molar-refractivity contribution is 5.54. The molecule has 0 amide bonds. The highest BCUT2D eigenvalue weighted by Crippen LogP contribution is 2.36. The smallest absolute Gasteiger partial charge is 0.244 e. The van der Waals surface area contributed by atoms with Crippen molar-refractivity contribution in [1.82, 2.24) is 15.5 Å². The Morgan fingerprint density at radius 2 is 1.84 bits per heavy atom. The van der Waals surface area contributed by atoms with Gasteiger partial charge in [-0.05, 0) is 48.6 Å². The lowest BCUT2D eigenvalue weighted by atomic mass is 9.73. The third kappa shape index (κ3) is 4.91. The largest absolute Gasteiger partial charge is 0.337 e. The van der Waals surface area contributed by atoms with Crippen LogP contribution in [0.2, 0.25) is 0 Å². The van der Waals surface area contributed by atoms with Crippen LogP contribution in [0.15, 0.2) is 28.8 Å². The molecule has 4 heteroatoms. The Morgan fingerprint density at radius 3 is 2.44 bits per heavy atom. The molecule has 0 saturated carbocycles. The van der Waals surface area contributed by atoms with Crippen molar-refractivity contribution in [3.05, 3.63) is 35.7 Å². The van der Waals surface area contributed by atoms with Gasteiger partial charge in [-0.3, -0.25) is 0 Å². The molecule has 1 aliphatic heterocycles.